The van der Waals surface area contributed by atoms with E-state index in [9.17, 15) is 0 Å². The van der Waals surface area contributed by atoms with Crippen LogP contribution in [0.3, 0.4) is 0 Å². The Balaban J connectivity index is 0.00000176. The molecule has 124 valence electrons. The third-order valence-corrected chi connectivity index (χ3v) is 5.27. The van der Waals surface area contributed by atoms with Gasteiger partial charge in [-0.05, 0) is 36.8 Å². The minimum atomic E-state index is 0. The van der Waals surface area contributed by atoms with Crippen LogP contribution in [0.4, 0.5) is 0 Å². The summed E-state index contributed by atoms with van der Waals surface area (Å²) in [6.07, 6.45) is 2.57. The molecule has 2 atom stereocenters. The third-order valence-electron chi connectivity index (χ3n) is 4.53. The molecular weight excluding hydrogens is 345 g/mol. The van der Waals surface area contributed by atoms with Crippen LogP contribution in [0.1, 0.15) is 12.8 Å². The molecule has 1 aliphatic carbocycles. The van der Waals surface area contributed by atoms with E-state index < -0.39 is 0 Å². The molecule has 1 aromatic carbocycles. The SMILES string of the molecule is Cl.Clc1ccc(OC[C@@H]2CC[C@@H]2CN2CCOCC2)cc1Cl. The minimum Gasteiger partial charge on any atom is -0.493 e. The Morgan fingerprint density at radius 1 is 1.09 bits per heavy atom. The molecule has 1 aromatic rings. The normalized spacial score (nSPS) is 25.2. The average molecular weight is 367 g/mol. The van der Waals surface area contributed by atoms with E-state index in [1.807, 2.05) is 6.07 Å². The summed E-state index contributed by atoms with van der Waals surface area (Å²) in [5, 5.41) is 1.12. The number of hydrogen-bond acceptors (Lipinski definition) is 3. The fraction of sp³-hybridized carbons (Fsp3) is 0.625. The predicted octanol–water partition coefficient (Wildman–Crippen LogP) is 4.15. The van der Waals surface area contributed by atoms with E-state index >= 15 is 0 Å². The molecule has 1 saturated heterocycles. The second kappa shape index (κ2) is 8.60. The fourth-order valence-corrected chi connectivity index (χ4v) is 3.27. The highest BCUT2D eigenvalue weighted by Gasteiger charge is 2.33. The number of ether oxygens (including phenoxy) is 2. The van der Waals surface area contributed by atoms with Crippen LogP contribution in [-0.4, -0.2) is 44.4 Å². The van der Waals surface area contributed by atoms with Gasteiger partial charge >= 0.3 is 0 Å². The molecule has 1 aliphatic heterocycles. The first-order valence-electron chi connectivity index (χ1n) is 7.60. The average Bonchev–Trinajstić information content (AvgIpc) is 2.48. The van der Waals surface area contributed by atoms with Crippen LogP contribution in [0, 0.1) is 11.8 Å². The topological polar surface area (TPSA) is 21.7 Å². The van der Waals surface area contributed by atoms with Crippen molar-refractivity contribution in [3.8, 4) is 5.75 Å². The Kier molecular flexibility index (Phi) is 7.10. The molecule has 22 heavy (non-hydrogen) atoms. The van der Waals surface area contributed by atoms with Gasteiger partial charge < -0.3 is 9.47 Å². The van der Waals surface area contributed by atoms with Crippen molar-refractivity contribution < 1.29 is 9.47 Å². The third kappa shape index (κ3) is 4.65. The lowest BCUT2D eigenvalue weighted by molar-refractivity contribution is 0.00483. The summed E-state index contributed by atoms with van der Waals surface area (Å²) in [6.45, 7) is 5.83. The molecule has 1 saturated carbocycles. The Morgan fingerprint density at radius 3 is 2.45 bits per heavy atom. The number of hydrogen-bond donors (Lipinski definition) is 0. The zero-order chi connectivity index (χ0) is 14.7. The maximum atomic E-state index is 6.00. The Morgan fingerprint density at radius 2 is 1.82 bits per heavy atom. The van der Waals surface area contributed by atoms with Crippen molar-refractivity contribution in [1.29, 1.82) is 0 Å². The summed E-state index contributed by atoms with van der Waals surface area (Å²) in [7, 11) is 0. The number of morpholine rings is 1. The molecule has 0 spiro atoms. The standard InChI is InChI=1S/C16H21Cl2NO2.ClH/c17-15-4-3-14(9-16(15)18)21-11-13-2-1-12(13)10-19-5-7-20-8-6-19;/h3-4,9,12-13H,1-2,5-8,10-11H2;1H/t12-,13+;/m1./s1. The predicted molar refractivity (Wildman–Crippen MR) is 92.7 cm³/mol. The van der Waals surface area contributed by atoms with Crippen molar-refractivity contribution in [2.24, 2.45) is 11.8 Å². The summed E-state index contributed by atoms with van der Waals surface area (Å²) in [4.78, 5) is 2.51. The number of halogens is 3. The lowest BCUT2D eigenvalue weighted by Gasteiger charge is -2.40. The molecule has 0 radical (unpaired) electrons. The molecule has 3 nitrogen and oxygen atoms in total. The van der Waals surface area contributed by atoms with Gasteiger partial charge in [-0.2, -0.15) is 0 Å². The number of benzene rings is 1. The van der Waals surface area contributed by atoms with Crippen molar-refractivity contribution in [3.05, 3.63) is 28.2 Å². The molecule has 2 aliphatic rings. The lowest BCUT2D eigenvalue weighted by Crippen LogP contribution is -2.44. The van der Waals surface area contributed by atoms with Gasteiger partial charge in [0.25, 0.3) is 0 Å². The summed E-state index contributed by atoms with van der Waals surface area (Å²) < 4.78 is 11.3. The lowest BCUT2D eigenvalue weighted by atomic mass is 9.74. The highest BCUT2D eigenvalue weighted by Crippen LogP contribution is 2.36. The van der Waals surface area contributed by atoms with E-state index in [4.69, 9.17) is 32.7 Å². The van der Waals surface area contributed by atoms with Gasteiger partial charge in [0.15, 0.2) is 0 Å². The minimum absolute atomic E-state index is 0. The van der Waals surface area contributed by atoms with Crippen LogP contribution >= 0.6 is 35.6 Å². The van der Waals surface area contributed by atoms with Crippen molar-refractivity contribution in [1.82, 2.24) is 4.90 Å². The van der Waals surface area contributed by atoms with E-state index in [1.165, 1.54) is 19.4 Å². The quantitative estimate of drug-likeness (QED) is 0.781. The first kappa shape index (κ1) is 18.2. The summed E-state index contributed by atoms with van der Waals surface area (Å²) in [6, 6.07) is 5.45. The van der Waals surface area contributed by atoms with Crippen LogP contribution in [0.15, 0.2) is 18.2 Å². The zero-order valence-corrected chi connectivity index (χ0v) is 14.8. The van der Waals surface area contributed by atoms with Crippen molar-refractivity contribution in [2.75, 3.05) is 39.5 Å². The monoisotopic (exact) mass is 365 g/mol. The molecule has 3 rings (SSSR count). The highest BCUT2D eigenvalue weighted by atomic mass is 35.5. The van der Waals surface area contributed by atoms with Gasteiger partial charge in [-0.25, -0.2) is 0 Å². The van der Waals surface area contributed by atoms with E-state index in [-0.39, 0.29) is 12.4 Å². The van der Waals surface area contributed by atoms with E-state index in [2.05, 4.69) is 4.90 Å². The van der Waals surface area contributed by atoms with Crippen LogP contribution < -0.4 is 4.74 Å². The molecule has 1 heterocycles. The van der Waals surface area contributed by atoms with E-state index in [0.717, 1.165) is 44.6 Å². The van der Waals surface area contributed by atoms with Crippen LogP contribution in [0.25, 0.3) is 0 Å². The molecule has 6 heteroatoms. The molecule has 0 N–H and O–H groups in total. The Bertz CT molecular complexity index is 480. The first-order chi connectivity index (χ1) is 10.2. The largest absolute Gasteiger partial charge is 0.493 e. The first-order valence-corrected chi connectivity index (χ1v) is 8.36. The zero-order valence-electron chi connectivity index (χ0n) is 12.5. The van der Waals surface area contributed by atoms with Crippen molar-refractivity contribution in [2.45, 2.75) is 12.8 Å². The molecular formula is C16H22Cl3NO2. The van der Waals surface area contributed by atoms with Gasteiger partial charge in [-0.15, -0.1) is 12.4 Å². The van der Waals surface area contributed by atoms with Crippen molar-refractivity contribution in [3.63, 3.8) is 0 Å². The molecule has 0 aromatic heterocycles. The van der Waals surface area contributed by atoms with Crippen molar-refractivity contribution >= 4 is 35.6 Å². The number of nitrogens with zero attached hydrogens (tertiary/aromatic N) is 1. The summed E-state index contributed by atoms with van der Waals surface area (Å²) in [5.74, 6) is 2.22. The van der Waals surface area contributed by atoms with Gasteiger partial charge in [0.2, 0.25) is 0 Å². The maximum absolute atomic E-state index is 6.00. The van der Waals surface area contributed by atoms with Gasteiger partial charge in [0, 0.05) is 25.7 Å². The second-order valence-corrected chi connectivity index (χ2v) is 6.71. The molecule has 2 fully saturated rings. The van der Waals surface area contributed by atoms with Gasteiger partial charge in [-0.1, -0.05) is 23.2 Å². The van der Waals surface area contributed by atoms with Crippen LogP contribution in [-0.2, 0) is 4.74 Å². The van der Waals surface area contributed by atoms with Crippen LogP contribution in [0.2, 0.25) is 10.0 Å². The number of rotatable bonds is 5. The Hall–Kier alpha value is -0.190. The summed E-state index contributed by atoms with van der Waals surface area (Å²) >= 11 is 11.9. The van der Waals surface area contributed by atoms with Gasteiger partial charge in [0.1, 0.15) is 5.75 Å². The van der Waals surface area contributed by atoms with Gasteiger partial charge in [-0.3, -0.25) is 4.90 Å². The highest BCUT2D eigenvalue weighted by molar-refractivity contribution is 6.42. The fourth-order valence-electron chi connectivity index (χ4n) is 2.98. The van der Waals surface area contributed by atoms with E-state index in [0.29, 0.717) is 16.0 Å². The Labute approximate surface area is 148 Å². The molecule has 0 unspecified atom stereocenters. The molecule has 0 bridgehead atoms. The van der Waals surface area contributed by atoms with Gasteiger partial charge in [0.05, 0.1) is 29.9 Å². The molecule has 0 amide bonds. The van der Waals surface area contributed by atoms with Crippen LogP contribution in [0.5, 0.6) is 5.75 Å². The maximum Gasteiger partial charge on any atom is 0.120 e. The second-order valence-electron chi connectivity index (χ2n) is 5.90. The summed E-state index contributed by atoms with van der Waals surface area (Å²) in [5.41, 5.74) is 0. The van der Waals surface area contributed by atoms with E-state index in [1.54, 1.807) is 12.1 Å². The smallest absolute Gasteiger partial charge is 0.120 e.